The summed E-state index contributed by atoms with van der Waals surface area (Å²) in [5, 5.41) is 10.1. The van der Waals surface area contributed by atoms with Crippen molar-refractivity contribution >= 4 is 5.97 Å². The third kappa shape index (κ3) is 6.04. The molecule has 188 valence electrons. The number of aromatic nitrogens is 1. The number of pyridine rings is 1. The van der Waals surface area contributed by atoms with Gasteiger partial charge in [0.1, 0.15) is 11.8 Å². The molecule has 1 aromatic carbocycles. The Morgan fingerprint density at radius 3 is 2.71 bits per heavy atom. The Labute approximate surface area is 208 Å². The molecular weight excluding hydrogens is 440 g/mol. The quantitative estimate of drug-likeness (QED) is 0.452. The van der Waals surface area contributed by atoms with Gasteiger partial charge in [-0.2, -0.15) is 0 Å². The van der Waals surface area contributed by atoms with E-state index < -0.39 is 12.0 Å². The summed E-state index contributed by atoms with van der Waals surface area (Å²) in [4.78, 5) is 19.2. The van der Waals surface area contributed by atoms with E-state index in [9.17, 15) is 9.90 Å². The molecule has 2 atom stereocenters. The number of carbonyl (C=O) groups is 1. The second kappa shape index (κ2) is 11.5. The van der Waals surface area contributed by atoms with Crippen molar-refractivity contribution < 1.29 is 19.4 Å². The summed E-state index contributed by atoms with van der Waals surface area (Å²) in [5.41, 5.74) is 4.70. The highest BCUT2D eigenvalue weighted by atomic mass is 16.5. The predicted octanol–water partition coefficient (Wildman–Crippen LogP) is 5.13. The predicted molar refractivity (Wildman–Crippen MR) is 135 cm³/mol. The molecule has 35 heavy (non-hydrogen) atoms. The van der Waals surface area contributed by atoms with E-state index in [4.69, 9.17) is 14.5 Å². The highest BCUT2D eigenvalue weighted by molar-refractivity contribution is 5.76. The number of hydrogen-bond acceptors (Lipinski definition) is 5. The zero-order valence-electron chi connectivity index (χ0n) is 20.7. The van der Waals surface area contributed by atoms with E-state index in [0.717, 1.165) is 57.1 Å². The molecule has 2 aliphatic carbocycles. The van der Waals surface area contributed by atoms with E-state index in [2.05, 4.69) is 12.1 Å². The molecule has 1 aliphatic heterocycles. The molecule has 1 unspecified atom stereocenters. The summed E-state index contributed by atoms with van der Waals surface area (Å²) in [5.74, 6) is -0.113. The molecule has 0 radical (unpaired) electrons. The molecule has 0 amide bonds. The summed E-state index contributed by atoms with van der Waals surface area (Å²) in [6.45, 7) is 2.07. The third-order valence-corrected chi connectivity index (χ3v) is 7.75. The van der Waals surface area contributed by atoms with Gasteiger partial charge in [-0.05, 0) is 88.3 Å². The molecule has 1 saturated heterocycles. The monoisotopic (exact) mass is 478 g/mol. The summed E-state index contributed by atoms with van der Waals surface area (Å²) >= 11 is 0. The summed E-state index contributed by atoms with van der Waals surface area (Å²) in [6, 6.07) is 11.4. The first-order valence-corrected chi connectivity index (χ1v) is 13.5. The Kier molecular flexibility index (Phi) is 7.99. The number of aliphatic carboxylic acids is 1. The number of carboxylic acids is 1. The lowest BCUT2D eigenvalue weighted by Gasteiger charge is -2.30. The lowest BCUT2D eigenvalue weighted by molar-refractivity contribution is -0.143. The van der Waals surface area contributed by atoms with E-state index in [1.165, 1.54) is 42.6 Å². The number of hydrogen-bond donors (Lipinski definition) is 1. The largest absolute Gasteiger partial charge is 0.490 e. The number of likely N-dealkylation sites (tertiary alicyclic amines) is 1. The zero-order chi connectivity index (χ0) is 24.0. The molecule has 0 bridgehead atoms. The smallest absolute Gasteiger partial charge is 0.325 e. The van der Waals surface area contributed by atoms with Crippen LogP contribution in [0.3, 0.4) is 0 Å². The number of para-hydroxylation sites is 1. The highest BCUT2D eigenvalue weighted by Crippen LogP contribution is 2.35. The van der Waals surface area contributed by atoms with Crippen LogP contribution in [0.15, 0.2) is 36.4 Å². The lowest BCUT2D eigenvalue weighted by Crippen LogP contribution is -2.34. The Morgan fingerprint density at radius 2 is 1.89 bits per heavy atom. The maximum absolute atomic E-state index is 12.3. The normalized spacial score (nSPS) is 21.3. The van der Waals surface area contributed by atoms with E-state index in [0.29, 0.717) is 18.9 Å². The molecule has 1 N–H and O–H groups in total. The fraction of sp³-hybridized carbons (Fsp3) is 0.586. The van der Waals surface area contributed by atoms with Crippen molar-refractivity contribution in [2.75, 3.05) is 19.7 Å². The Morgan fingerprint density at radius 1 is 1.03 bits per heavy atom. The van der Waals surface area contributed by atoms with Crippen molar-refractivity contribution in [3.63, 3.8) is 0 Å². The van der Waals surface area contributed by atoms with Gasteiger partial charge in [-0.3, -0.25) is 14.7 Å². The molecule has 2 aromatic rings. The van der Waals surface area contributed by atoms with Crippen LogP contribution in [0.1, 0.15) is 79.9 Å². The van der Waals surface area contributed by atoms with Crippen LogP contribution in [0.5, 0.6) is 5.75 Å². The standard InChI is InChI=1S/C29H38N2O4/c32-29(33)28(25-12-2-4-14-27(25)35-23-10-7-11-23)31-18-17-24(20-31)34-19-6-5-9-22-16-15-21-8-1-3-13-26(21)30-22/h2,4,12,14-16,23-24,28H,1,3,5-11,13,17-20H2,(H,32,33)/t24-,28?/m1/s1. The SMILES string of the molecule is O=C(O)C(c1ccccc1OC1CCC1)N1CC[C@@H](OCCCCc2ccc3c(n2)CCCC3)C1. The molecular formula is C29H38N2O4. The minimum Gasteiger partial charge on any atom is -0.490 e. The minimum absolute atomic E-state index is 0.0819. The van der Waals surface area contributed by atoms with E-state index in [-0.39, 0.29) is 12.2 Å². The average Bonchev–Trinajstić information content (AvgIpc) is 3.30. The van der Waals surface area contributed by atoms with Gasteiger partial charge in [0.05, 0.1) is 12.2 Å². The van der Waals surface area contributed by atoms with E-state index >= 15 is 0 Å². The van der Waals surface area contributed by atoms with Gasteiger partial charge in [-0.25, -0.2) is 0 Å². The first-order chi connectivity index (χ1) is 17.2. The molecule has 2 heterocycles. The van der Waals surface area contributed by atoms with Gasteiger partial charge < -0.3 is 14.6 Å². The molecule has 3 aliphatic rings. The Hall–Kier alpha value is -2.44. The number of ether oxygens (including phenoxy) is 2. The van der Waals surface area contributed by atoms with Crippen LogP contribution in [0, 0.1) is 0 Å². The number of aryl methyl sites for hydroxylation is 3. The summed E-state index contributed by atoms with van der Waals surface area (Å²) < 4.78 is 12.3. The number of fused-ring (bicyclic) bond motifs is 1. The summed E-state index contributed by atoms with van der Waals surface area (Å²) in [6.07, 6.45) is 12.4. The van der Waals surface area contributed by atoms with Crippen LogP contribution in [0.2, 0.25) is 0 Å². The first kappa shape index (κ1) is 24.3. The minimum atomic E-state index is -0.826. The lowest BCUT2D eigenvalue weighted by atomic mass is 9.95. The van der Waals surface area contributed by atoms with Crippen LogP contribution in [0.25, 0.3) is 0 Å². The van der Waals surface area contributed by atoms with Crippen molar-refractivity contribution in [2.45, 2.75) is 88.9 Å². The number of benzene rings is 1. The number of rotatable bonds is 11. The van der Waals surface area contributed by atoms with Crippen LogP contribution in [-0.2, 0) is 28.8 Å². The maximum atomic E-state index is 12.3. The van der Waals surface area contributed by atoms with Gasteiger partial charge in [0.25, 0.3) is 0 Å². The zero-order valence-corrected chi connectivity index (χ0v) is 20.7. The van der Waals surface area contributed by atoms with Gasteiger partial charge in [0.2, 0.25) is 0 Å². The molecule has 1 aromatic heterocycles. The second-order valence-corrected chi connectivity index (χ2v) is 10.3. The Balaban J connectivity index is 1.09. The van der Waals surface area contributed by atoms with Crippen LogP contribution in [-0.4, -0.2) is 52.9 Å². The van der Waals surface area contributed by atoms with Crippen LogP contribution < -0.4 is 4.74 Å². The van der Waals surface area contributed by atoms with E-state index in [1.807, 2.05) is 29.2 Å². The van der Waals surface area contributed by atoms with Crippen LogP contribution >= 0.6 is 0 Å². The second-order valence-electron chi connectivity index (χ2n) is 10.3. The topological polar surface area (TPSA) is 71.9 Å². The maximum Gasteiger partial charge on any atom is 0.325 e. The third-order valence-electron chi connectivity index (χ3n) is 7.75. The summed E-state index contributed by atoms with van der Waals surface area (Å²) in [7, 11) is 0. The van der Waals surface area contributed by atoms with Crippen molar-refractivity contribution in [1.29, 1.82) is 0 Å². The number of unbranched alkanes of at least 4 members (excludes halogenated alkanes) is 1. The van der Waals surface area contributed by atoms with Crippen molar-refractivity contribution in [2.24, 2.45) is 0 Å². The van der Waals surface area contributed by atoms with Gasteiger partial charge in [0.15, 0.2) is 0 Å². The Bertz CT molecular complexity index is 1010. The van der Waals surface area contributed by atoms with Crippen molar-refractivity contribution in [3.8, 4) is 5.75 Å². The molecule has 0 spiro atoms. The van der Waals surface area contributed by atoms with Crippen LogP contribution in [0.4, 0.5) is 0 Å². The van der Waals surface area contributed by atoms with Crippen molar-refractivity contribution in [3.05, 3.63) is 58.9 Å². The first-order valence-electron chi connectivity index (χ1n) is 13.5. The molecule has 2 fully saturated rings. The van der Waals surface area contributed by atoms with Gasteiger partial charge in [0, 0.05) is 36.6 Å². The van der Waals surface area contributed by atoms with E-state index in [1.54, 1.807) is 0 Å². The fourth-order valence-electron chi connectivity index (χ4n) is 5.52. The highest BCUT2D eigenvalue weighted by Gasteiger charge is 2.36. The van der Waals surface area contributed by atoms with Gasteiger partial charge in [-0.1, -0.05) is 24.3 Å². The number of nitrogens with zero attached hydrogens (tertiary/aromatic N) is 2. The molecule has 6 heteroatoms. The van der Waals surface area contributed by atoms with Crippen molar-refractivity contribution in [1.82, 2.24) is 9.88 Å². The molecule has 6 nitrogen and oxygen atoms in total. The molecule has 5 rings (SSSR count). The fourth-order valence-corrected chi connectivity index (χ4v) is 5.52. The number of carboxylic acid groups (broad SMARTS) is 1. The molecule has 1 saturated carbocycles. The average molecular weight is 479 g/mol. The van der Waals surface area contributed by atoms with Gasteiger partial charge in [-0.15, -0.1) is 0 Å². The van der Waals surface area contributed by atoms with Gasteiger partial charge >= 0.3 is 5.97 Å².